The lowest BCUT2D eigenvalue weighted by atomic mass is 10.1. The third kappa shape index (κ3) is 5.55. The fourth-order valence-electron chi connectivity index (χ4n) is 3.35. The Kier molecular flexibility index (Phi) is 7.51. The molecule has 0 spiro atoms. The largest absolute Gasteiger partial charge is 0.466 e. The van der Waals surface area contributed by atoms with Gasteiger partial charge in [-0.25, -0.2) is 9.78 Å². The van der Waals surface area contributed by atoms with Crippen molar-refractivity contribution in [1.29, 1.82) is 0 Å². The standard InChI is InChI=1S/C22H29N5O4/c1-4-5-11-31-18(28)7-6-8-23-9-10-27-17-13-15(3)14(2)12-16(17)24-19-20(27)25-22(30)26-21(19)29/h12-13,23H,4-11H2,1-3H3,(H,26,29,30). The Morgan fingerprint density at radius 2 is 1.90 bits per heavy atom. The maximum absolute atomic E-state index is 12.3. The van der Waals surface area contributed by atoms with Crippen LogP contribution in [0, 0.1) is 13.8 Å². The molecular formula is C22H29N5O4. The number of nitrogens with one attached hydrogen (secondary N) is 2. The first-order chi connectivity index (χ1) is 14.9. The summed E-state index contributed by atoms with van der Waals surface area (Å²) in [7, 11) is 0. The summed E-state index contributed by atoms with van der Waals surface area (Å²) in [6.45, 7) is 8.26. The van der Waals surface area contributed by atoms with Crippen molar-refractivity contribution in [3.8, 4) is 11.5 Å². The summed E-state index contributed by atoms with van der Waals surface area (Å²) < 4.78 is 7.00. The van der Waals surface area contributed by atoms with Gasteiger partial charge in [-0.05, 0) is 56.5 Å². The van der Waals surface area contributed by atoms with Crippen molar-refractivity contribution in [1.82, 2.24) is 24.8 Å². The highest BCUT2D eigenvalue weighted by molar-refractivity contribution is 5.81. The fourth-order valence-corrected chi connectivity index (χ4v) is 3.35. The zero-order chi connectivity index (χ0) is 22.4. The average Bonchev–Trinajstić information content (AvgIpc) is 2.72. The molecule has 0 aromatic heterocycles. The van der Waals surface area contributed by atoms with E-state index in [9.17, 15) is 14.4 Å². The minimum absolute atomic E-state index is 0.144. The topological polar surface area (TPSA) is 119 Å². The number of hydrogen-bond acceptors (Lipinski definition) is 7. The van der Waals surface area contributed by atoms with Gasteiger partial charge in [-0.15, -0.1) is 0 Å². The van der Waals surface area contributed by atoms with Gasteiger partial charge in [-0.1, -0.05) is 13.3 Å². The van der Waals surface area contributed by atoms with Gasteiger partial charge in [0.05, 0.1) is 17.6 Å². The van der Waals surface area contributed by atoms with Crippen LogP contribution in [0.3, 0.4) is 0 Å². The lowest BCUT2D eigenvalue weighted by Crippen LogP contribution is -2.30. The van der Waals surface area contributed by atoms with Crippen molar-refractivity contribution in [3.63, 3.8) is 0 Å². The molecule has 0 fully saturated rings. The Labute approximate surface area is 180 Å². The zero-order valence-corrected chi connectivity index (χ0v) is 18.3. The molecular weight excluding hydrogens is 398 g/mol. The molecule has 1 aromatic rings. The highest BCUT2D eigenvalue weighted by Gasteiger charge is 2.19. The van der Waals surface area contributed by atoms with Crippen LogP contribution in [0.25, 0.3) is 22.6 Å². The minimum atomic E-state index is -0.689. The van der Waals surface area contributed by atoms with Crippen LogP contribution in [-0.2, 0) is 16.1 Å². The van der Waals surface area contributed by atoms with Crippen LogP contribution >= 0.6 is 0 Å². The van der Waals surface area contributed by atoms with E-state index in [-0.39, 0.29) is 17.5 Å². The van der Waals surface area contributed by atoms with Crippen LogP contribution in [0.2, 0.25) is 0 Å². The molecule has 0 aliphatic carbocycles. The molecule has 2 N–H and O–H groups in total. The number of benzene rings is 1. The van der Waals surface area contributed by atoms with Crippen molar-refractivity contribution < 1.29 is 9.53 Å². The van der Waals surface area contributed by atoms with Crippen molar-refractivity contribution in [3.05, 3.63) is 44.1 Å². The maximum Gasteiger partial charge on any atom is 0.349 e. The number of esters is 1. The zero-order valence-electron chi connectivity index (χ0n) is 18.3. The highest BCUT2D eigenvalue weighted by atomic mass is 16.5. The Morgan fingerprint density at radius 1 is 1.13 bits per heavy atom. The number of carbonyl (C=O) groups excluding carboxylic acids is 1. The van der Waals surface area contributed by atoms with Crippen LogP contribution in [0.5, 0.6) is 0 Å². The number of aromatic amines is 1. The number of H-pyrrole nitrogens is 1. The van der Waals surface area contributed by atoms with Crippen LogP contribution < -0.4 is 16.6 Å². The lowest BCUT2D eigenvalue weighted by molar-refractivity contribution is -0.143. The molecule has 0 saturated heterocycles. The molecule has 0 unspecified atom stereocenters. The number of unbranched alkanes of at least 4 members (excludes halogenated alkanes) is 1. The summed E-state index contributed by atoms with van der Waals surface area (Å²) in [6.07, 6.45) is 2.93. The minimum Gasteiger partial charge on any atom is -0.466 e. The van der Waals surface area contributed by atoms with E-state index in [1.54, 1.807) is 0 Å². The van der Waals surface area contributed by atoms with Gasteiger partial charge in [0.2, 0.25) is 0 Å². The number of carbonyl (C=O) groups is 1. The molecule has 0 atom stereocenters. The Morgan fingerprint density at radius 3 is 2.68 bits per heavy atom. The molecule has 2 heterocycles. The molecule has 166 valence electrons. The second-order valence-electron chi connectivity index (χ2n) is 7.66. The first kappa shape index (κ1) is 22.6. The van der Waals surface area contributed by atoms with Crippen LogP contribution in [0.4, 0.5) is 0 Å². The van der Waals surface area contributed by atoms with E-state index in [2.05, 4.69) is 27.2 Å². The number of fused-ring (bicyclic) bond motifs is 2. The van der Waals surface area contributed by atoms with Gasteiger partial charge >= 0.3 is 11.7 Å². The summed E-state index contributed by atoms with van der Waals surface area (Å²) in [5, 5.41) is 3.30. The first-order valence-electron chi connectivity index (χ1n) is 10.7. The molecule has 9 heteroatoms. The van der Waals surface area contributed by atoms with Crippen molar-refractivity contribution >= 4 is 17.0 Å². The summed E-state index contributed by atoms with van der Waals surface area (Å²) >= 11 is 0. The second kappa shape index (κ2) is 10.3. The second-order valence-corrected chi connectivity index (χ2v) is 7.66. The molecule has 0 saturated carbocycles. The predicted octanol–water partition coefficient (Wildman–Crippen LogP) is 1.91. The van der Waals surface area contributed by atoms with Gasteiger partial charge in [0.15, 0.2) is 11.5 Å². The third-order valence-electron chi connectivity index (χ3n) is 5.23. The number of hydrogen-bond donors (Lipinski definition) is 2. The summed E-state index contributed by atoms with van der Waals surface area (Å²) in [4.78, 5) is 46.4. The normalized spacial score (nSPS) is 11.3. The molecule has 2 aliphatic rings. The Bertz CT molecular complexity index is 1150. The van der Waals surface area contributed by atoms with Crippen molar-refractivity contribution in [2.45, 2.75) is 53.0 Å². The Balaban J connectivity index is 1.72. The SMILES string of the molecule is CCCCOC(=O)CCCNCCn1c2nc(=O)[nH]c(=O)c-2nc2cc(C)c(C)cc21. The molecule has 1 aromatic carbocycles. The molecule has 0 amide bonds. The molecule has 0 radical (unpaired) electrons. The van der Waals surface area contributed by atoms with Crippen LogP contribution in [0.1, 0.15) is 43.7 Å². The number of aromatic nitrogens is 4. The molecule has 2 aliphatic heterocycles. The molecule has 3 rings (SSSR count). The van der Waals surface area contributed by atoms with E-state index in [4.69, 9.17) is 4.74 Å². The average molecular weight is 428 g/mol. The highest BCUT2D eigenvalue weighted by Crippen LogP contribution is 2.23. The van der Waals surface area contributed by atoms with Gasteiger partial charge in [0.25, 0.3) is 5.56 Å². The van der Waals surface area contributed by atoms with Gasteiger partial charge in [-0.2, -0.15) is 4.98 Å². The third-order valence-corrected chi connectivity index (χ3v) is 5.23. The van der Waals surface area contributed by atoms with E-state index >= 15 is 0 Å². The number of rotatable bonds is 10. The maximum atomic E-state index is 12.3. The number of aryl methyl sites for hydroxylation is 2. The smallest absolute Gasteiger partial charge is 0.349 e. The van der Waals surface area contributed by atoms with Crippen molar-refractivity contribution in [2.75, 3.05) is 19.7 Å². The van der Waals surface area contributed by atoms with Gasteiger partial charge in [0, 0.05) is 19.5 Å². The monoisotopic (exact) mass is 427 g/mol. The van der Waals surface area contributed by atoms with E-state index < -0.39 is 11.2 Å². The molecule has 31 heavy (non-hydrogen) atoms. The van der Waals surface area contributed by atoms with Crippen LogP contribution in [0.15, 0.2) is 21.7 Å². The van der Waals surface area contributed by atoms with Gasteiger partial charge in [-0.3, -0.25) is 14.6 Å². The predicted molar refractivity (Wildman–Crippen MR) is 118 cm³/mol. The van der Waals surface area contributed by atoms with Crippen molar-refractivity contribution in [2.24, 2.45) is 0 Å². The quantitative estimate of drug-likeness (QED) is 0.288. The van der Waals surface area contributed by atoms with E-state index in [1.807, 2.05) is 30.5 Å². The molecule has 0 bridgehead atoms. The first-order valence-corrected chi connectivity index (χ1v) is 10.7. The van der Waals surface area contributed by atoms with E-state index in [1.165, 1.54) is 0 Å². The number of nitrogens with zero attached hydrogens (tertiary/aromatic N) is 3. The summed E-state index contributed by atoms with van der Waals surface area (Å²) in [6, 6.07) is 3.93. The lowest BCUT2D eigenvalue weighted by Gasteiger charge is -2.18. The van der Waals surface area contributed by atoms with E-state index in [0.29, 0.717) is 44.6 Å². The number of ether oxygens (including phenoxy) is 1. The fraction of sp³-hybridized carbons (Fsp3) is 0.500. The summed E-state index contributed by atoms with van der Waals surface area (Å²) in [5.41, 5.74) is 2.56. The molecule has 9 nitrogen and oxygen atoms in total. The summed E-state index contributed by atoms with van der Waals surface area (Å²) in [5.74, 6) is 0.0961. The van der Waals surface area contributed by atoms with Gasteiger partial charge < -0.3 is 14.6 Å². The van der Waals surface area contributed by atoms with Gasteiger partial charge in [0.1, 0.15) is 0 Å². The van der Waals surface area contributed by atoms with E-state index in [0.717, 1.165) is 29.5 Å². The van der Waals surface area contributed by atoms with Crippen LogP contribution in [-0.4, -0.2) is 45.2 Å². The Hall–Kier alpha value is -3.07.